The number of rotatable bonds is 7. The predicted octanol–water partition coefficient (Wildman–Crippen LogP) is 5.71. The highest BCUT2D eigenvalue weighted by Crippen LogP contribution is 2.30. The molecule has 3 rings (SSSR count). The lowest BCUT2D eigenvalue weighted by Gasteiger charge is -2.13. The Morgan fingerprint density at radius 3 is 2.35 bits per heavy atom. The Kier molecular flexibility index (Phi) is 8.76. The molecule has 0 aromatic heterocycles. The average Bonchev–Trinajstić information content (AvgIpc) is 2.84. The standard InChI is InChI=1S/C24H20Cl3N3O4/c1-14(29-30-24(32)23(31)28-17-8-9-19(26)20(27)12-17)15-7-10-21(22(11-15)33-2)34-13-16-5-3-4-6-18(16)25/h3-12H,13H2,1-2H3,(H,28,31)(H,30,32)/b29-14+. The Hall–Kier alpha value is -3.26. The number of nitrogens with zero attached hydrogens (tertiary/aromatic N) is 1. The molecule has 176 valence electrons. The summed E-state index contributed by atoms with van der Waals surface area (Å²) in [5, 5.41) is 7.61. The summed E-state index contributed by atoms with van der Waals surface area (Å²) in [4.78, 5) is 24.2. The molecule has 0 saturated carbocycles. The van der Waals surface area contributed by atoms with Gasteiger partial charge in [-0.3, -0.25) is 9.59 Å². The SMILES string of the molecule is COc1cc(/C(C)=N/NC(=O)C(=O)Nc2ccc(Cl)c(Cl)c2)ccc1OCc1ccccc1Cl. The normalized spacial score (nSPS) is 11.0. The molecule has 0 saturated heterocycles. The van der Waals surface area contributed by atoms with Crippen molar-refractivity contribution in [3.05, 3.63) is 86.9 Å². The smallest absolute Gasteiger partial charge is 0.329 e. The van der Waals surface area contributed by atoms with Crippen LogP contribution in [0, 0.1) is 0 Å². The van der Waals surface area contributed by atoms with Crippen LogP contribution in [0.15, 0.2) is 65.8 Å². The number of nitrogens with one attached hydrogen (secondary N) is 2. The van der Waals surface area contributed by atoms with E-state index in [1.165, 1.54) is 25.3 Å². The molecule has 0 bridgehead atoms. The first-order valence-electron chi connectivity index (χ1n) is 9.93. The molecule has 0 atom stereocenters. The summed E-state index contributed by atoms with van der Waals surface area (Å²) in [5.74, 6) is -0.861. The van der Waals surface area contributed by atoms with Gasteiger partial charge in [-0.15, -0.1) is 0 Å². The molecule has 2 amide bonds. The van der Waals surface area contributed by atoms with E-state index in [9.17, 15) is 9.59 Å². The Bertz CT molecular complexity index is 1250. The molecule has 0 heterocycles. The Labute approximate surface area is 211 Å². The molecule has 0 unspecified atom stereocenters. The van der Waals surface area contributed by atoms with Crippen molar-refractivity contribution in [1.29, 1.82) is 0 Å². The van der Waals surface area contributed by atoms with Crippen molar-refractivity contribution in [2.75, 3.05) is 12.4 Å². The van der Waals surface area contributed by atoms with Crippen molar-refractivity contribution in [2.24, 2.45) is 5.10 Å². The van der Waals surface area contributed by atoms with E-state index < -0.39 is 11.8 Å². The monoisotopic (exact) mass is 519 g/mol. The zero-order chi connectivity index (χ0) is 24.7. The number of ether oxygens (including phenoxy) is 2. The summed E-state index contributed by atoms with van der Waals surface area (Å²) in [6.45, 7) is 1.95. The second kappa shape index (κ2) is 11.7. The van der Waals surface area contributed by atoms with Gasteiger partial charge in [0, 0.05) is 21.8 Å². The number of anilines is 1. The number of hydrogen-bond acceptors (Lipinski definition) is 5. The zero-order valence-corrected chi connectivity index (χ0v) is 20.5. The lowest BCUT2D eigenvalue weighted by atomic mass is 10.1. The number of hydrazone groups is 1. The van der Waals surface area contributed by atoms with E-state index >= 15 is 0 Å². The van der Waals surface area contributed by atoms with Crippen molar-refractivity contribution in [2.45, 2.75) is 13.5 Å². The summed E-state index contributed by atoms with van der Waals surface area (Å²) in [6, 6.07) is 17.1. The maximum absolute atomic E-state index is 12.1. The van der Waals surface area contributed by atoms with Crippen LogP contribution in [-0.4, -0.2) is 24.6 Å². The number of methoxy groups -OCH3 is 1. The molecule has 7 nitrogen and oxygen atoms in total. The molecule has 0 aliphatic rings. The Balaban J connectivity index is 1.63. The highest BCUT2D eigenvalue weighted by Gasteiger charge is 2.15. The summed E-state index contributed by atoms with van der Waals surface area (Å²) >= 11 is 17.9. The molecule has 2 N–H and O–H groups in total. The molecule has 0 spiro atoms. The molecule has 0 aliphatic heterocycles. The molecular formula is C24H20Cl3N3O4. The highest BCUT2D eigenvalue weighted by molar-refractivity contribution is 6.43. The maximum Gasteiger partial charge on any atom is 0.329 e. The summed E-state index contributed by atoms with van der Waals surface area (Å²) in [6.07, 6.45) is 0. The number of carbonyl (C=O) groups is 2. The molecule has 34 heavy (non-hydrogen) atoms. The van der Waals surface area contributed by atoms with E-state index in [1.807, 2.05) is 18.2 Å². The van der Waals surface area contributed by atoms with Gasteiger partial charge >= 0.3 is 11.8 Å². The van der Waals surface area contributed by atoms with Crippen LogP contribution in [-0.2, 0) is 16.2 Å². The second-order valence-corrected chi connectivity index (χ2v) is 8.19. The van der Waals surface area contributed by atoms with E-state index in [0.717, 1.165) is 5.56 Å². The highest BCUT2D eigenvalue weighted by atomic mass is 35.5. The number of carbonyl (C=O) groups excluding carboxylic acids is 2. The summed E-state index contributed by atoms with van der Waals surface area (Å²) < 4.78 is 11.3. The number of hydrogen-bond donors (Lipinski definition) is 2. The van der Waals surface area contributed by atoms with Gasteiger partial charge in [0.25, 0.3) is 0 Å². The van der Waals surface area contributed by atoms with Crippen molar-refractivity contribution in [3.8, 4) is 11.5 Å². The minimum atomic E-state index is -0.947. The molecule has 0 radical (unpaired) electrons. The largest absolute Gasteiger partial charge is 0.493 e. The van der Waals surface area contributed by atoms with Gasteiger partial charge in [0.15, 0.2) is 11.5 Å². The number of benzene rings is 3. The Morgan fingerprint density at radius 1 is 0.882 bits per heavy atom. The first-order chi connectivity index (χ1) is 16.3. The minimum Gasteiger partial charge on any atom is -0.493 e. The Morgan fingerprint density at radius 2 is 1.65 bits per heavy atom. The van der Waals surface area contributed by atoms with Gasteiger partial charge in [0.2, 0.25) is 0 Å². The third-order valence-corrected chi connectivity index (χ3v) is 5.74. The van der Waals surface area contributed by atoms with Crippen molar-refractivity contribution in [1.82, 2.24) is 5.43 Å². The molecule has 0 fully saturated rings. The van der Waals surface area contributed by atoms with E-state index in [-0.39, 0.29) is 11.6 Å². The van der Waals surface area contributed by atoms with Gasteiger partial charge in [-0.25, -0.2) is 5.43 Å². The molecule has 3 aromatic rings. The minimum absolute atomic E-state index is 0.252. The first-order valence-corrected chi connectivity index (χ1v) is 11.1. The fourth-order valence-electron chi connectivity index (χ4n) is 2.79. The van der Waals surface area contributed by atoms with Crippen LogP contribution in [0.3, 0.4) is 0 Å². The quantitative estimate of drug-likeness (QED) is 0.237. The molecule has 3 aromatic carbocycles. The number of halogens is 3. The fraction of sp³-hybridized carbons (Fsp3) is 0.125. The lowest BCUT2D eigenvalue weighted by molar-refractivity contribution is -0.136. The average molecular weight is 521 g/mol. The van der Waals surface area contributed by atoms with E-state index in [0.29, 0.717) is 38.5 Å². The van der Waals surface area contributed by atoms with Crippen LogP contribution >= 0.6 is 34.8 Å². The maximum atomic E-state index is 12.1. The van der Waals surface area contributed by atoms with Crippen LogP contribution in [0.25, 0.3) is 0 Å². The number of amides is 2. The first kappa shape index (κ1) is 25.4. The van der Waals surface area contributed by atoms with Gasteiger partial charge in [-0.1, -0.05) is 53.0 Å². The molecular weight excluding hydrogens is 501 g/mol. The molecule has 0 aliphatic carbocycles. The van der Waals surface area contributed by atoms with Gasteiger partial charge in [-0.05, 0) is 49.4 Å². The second-order valence-electron chi connectivity index (χ2n) is 6.97. The van der Waals surface area contributed by atoms with Crippen molar-refractivity contribution < 1.29 is 19.1 Å². The van der Waals surface area contributed by atoms with Gasteiger partial charge < -0.3 is 14.8 Å². The third kappa shape index (κ3) is 6.63. The van der Waals surface area contributed by atoms with Crippen LogP contribution < -0.4 is 20.2 Å². The van der Waals surface area contributed by atoms with Crippen LogP contribution in [0.1, 0.15) is 18.1 Å². The molecule has 10 heteroatoms. The van der Waals surface area contributed by atoms with Crippen LogP contribution in [0.4, 0.5) is 5.69 Å². The topological polar surface area (TPSA) is 89.0 Å². The van der Waals surface area contributed by atoms with E-state index in [4.69, 9.17) is 44.3 Å². The van der Waals surface area contributed by atoms with Crippen molar-refractivity contribution in [3.63, 3.8) is 0 Å². The fourth-order valence-corrected chi connectivity index (χ4v) is 3.28. The third-order valence-electron chi connectivity index (χ3n) is 4.63. The summed E-state index contributed by atoms with van der Waals surface area (Å²) in [5.41, 5.74) is 4.50. The van der Waals surface area contributed by atoms with Crippen LogP contribution in [0.5, 0.6) is 11.5 Å². The lowest BCUT2D eigenvalue weighted by Crippen LogP contribution is -2.32. The van der Waals surface area contributed by atoms with Gasteiger partial charge in [-0.2, -0.15) is 5.10 Å². The van der Waals surface area contributed by atoms with E-state index in [1.54, 1.807) is 31.2 Å². The predicted molar refractivity (Wildman–Crippen MR) is 134 cm³/mol. The van der Waals surface area contributed by atoms with Crippen LogP contribution in [0.2, 0.25) is 15.1 Å². The zero-order valence-electron chi connectivity index (χ0n) is 18.2. The van der Waals surface area contributed by atoms with Crippen molar-refractivity contribution >= 4 is 58.0 Å². The van der Waals surface area contributed by atoms with Gasteiger partial charge in [0.05, 0.1) is 22.9 Å². The summed E-state index contributed by atoms with van der Waals surface area (Å²) in [7, 11) is 1.52. The van der Waals surface area contributed by atoms with E-state index in [2.05, 4.69) is 15.8 Å². The van der Waals surface area contributed by atoms with Gasteiger partial charge in [0.1, 0.15) is 6.61 Å².